The van der Waals surface area contributed by atoms with Crippen LogP contribution < -0.4 is 0 Å². The molecule has 1 saturated heterocycles. The maximum Gasteiger partial charge on any atom is 0.107 e. The van der Waals surface area contributed by atoms with Gasteiger partial charge in [-0.25, -0.2) is 0 Å². The number of rotatable bonds is 4. The first kappa shape index (κ1) is 7.98. The molecule has 3 heteroatoms. The molecule has 0 aromatic heterocycles. The van der Waals surface area contributed by atoms with Gasteiger partial charge in [0.1, 0.15) is 12.3 Å². The summed E-state index contributed by atoms with van der Waals surface area (Å²) in [6.45, 7) is 3.64. The summed E-state index contributed by atoms with van der Waals surface area (Å²) in [5.74, 6) is 0. The Hall–Kier alpha value is -0.120. The van der Waals surface area contributed by atoms with Gasteiger partial charge < -0.3 is 9.47 Å². The third kappa shape index (κ3) is 2.64. The van der Waals surface area contributed by atoms with E-state index in [1.54, 1.807) is 0 Å². The number of epoxide rings is 1. The second-order valence-corrected chi connectivity index (χ2v) is 2.85. The summed E-state index contributed by atoms with van der Waals surface area (Å²) in [5.41, 5.74) is 0. The minimum atomic E-state index is 0.198. The van der Waals surface area contributed by atoms with Gasteiger partial charge in [0.2, 0.25) is 0 Å². The van der Waals surface area contributed by atoms with Crippen molar-refractivity contribution in [3.63, 3.8) is 0 Å². The van der Waals surface area contributed by atoms with Crippen molar-refractivity contribution in [1.29, 1.82) is 0 Å². The lowest BCUT2D eigenvalue weighted by atomic mass is 10.5. The Balaban J connectivity index is 1.99. The van der Waals surface area contributed by atoms with Gasteiger partial charge in [0.05, 0.1) is 13.2 Å². The molecule has 1 aliphatic heterocycles. The normalized spacial score (nSPS) is 27.0. The summed E-state index contributed by atoms with van der Waals surface area (Å²) in [4.78, 5) is 2.03. The average molecular weight is 145 g/mol. The lowest BCUT2D eigenvalue weighted by molar-refractivity contribution is -0.0284. The number of nitrogens with zero attached hydrogens (tertiary/aromatic N) is 1. The van der Waals surface area contributed by atoms with E-state index in [2.05, 4.69) is 0 Å². The first-order valence-corrected chi connectivity index (χ1v) is 3.60. The molecule has 0 amide bonds. The fourth-order valence-corrected chi connectivity index (χ4v) is 0.560. The third-order valence-corrected chi connectivity index (χ3v) is 1.65. The Morgan fingerprint density at radius 1 is 1.70 bits per heavy atom. The van der Waals surface area contributed by atoms with Crippen molar-refractivity contribution in [2.24, 2.45) is 0 Å². The number of hydrogen-bond acceptors (Lipinski definition) is 3. The van der Waals surface area contributed by atoms with E-state index in [4.69, 9.17) is 9.47 Å². The Bertz CT molecular complexity index is 102. The summed E-state index contributed by atoms with van der Waals surface area (Å²) in [6, 6.07) is 0. The smallest absolute Gasteiger partial charge is 0.107 e. The zero-order valence-electron chi connectivity index (χ0n) is 6.83. The van der Waals surface area contributed by atoms with E-state index in [0.29, 0.717) is 6.10 Å². The lowest BCUT2D eigenvalue weighted by Gasteiger charge is -2.19. The molecule has 1 aliphatic rings. The van der Waals surface area contributed by atoms with E-state index >= 15 is 0 Å². The standard InChI is InChI=1S/C7H15NO2/c1-6(8(2)3)9-4-7-5-10-7/h6-7H,4-5H2,1-3H3. The monoisotopic (exact) mass is 145 g/mol. The maximum absolute atomic E-state index is 5.43. The molecule has 3 nitrogen and oxygen atoms in total. The second kappa shape index (κ2) is 3.32. The fourth-order valence-electron chi connectivity index (χ4n) is 0.560. The van der Waals surface area contributed by atoms with Gasteiger partial charge >= 0.3 is 0 Å². The van der Waals surface area contributed by atoms with Crippen molar-refractivity contribution < 1.29 is 9.47 Å². The molecule has 0 spiro atoms. The number of ether oxygens (including phenoxy) is 2. The molecule has 1 fully saturated rings. The minimum absolute atomic E-state index is 0.198. The molecule has 0 aromatic rings. The highest BCUT2D eigenvalue weighted by atomic mass is 16.6. The molecule has 0 aliphatic carbocycles. The van der Waals surface area contributed by atoms with E-state index < -0.39 is 0 Å². The first-order chi connectivity index (χ1) is 4.70. The van der Waals surface area contributed by atoms with Gasteiger partial charge in [-0.05, 0) is 21.0 Å². The third-order valence-electron chi connectivity index (χ3n) is 1.65. The summed E-state index contributed by atoms with van der Waals surface area (Å²) in [7, 11) is 4.00. The molecule has 10 heavy (non-hydrogen) atoms. The molecule has 0 bridgehead atoms. The van der Waals surface area contributed by atoms with Crippen LogP contribution in [0.25, 0.3) is 0 Å². The fraction of sp³-hybridized carbons (Fsp3) is 1.00. The van der Waals surface area contributed by atoms with Crippen LogP contribution in [0, 0.1) is 0 Å². The van der Waals surface area contributed by atoms with Crippen molar-refractivity contribution in [2.75, 3.05) is 27.3 Å². The van der Waals surface area contributed by atoms with Crippen molar-refractivity contribution in [3.05, 3.63) is 0 Å². The van der Waals surface area contributed by atoms with Crippen LogP contribution in [0.5, 0.6) is 0 Å². The van der Waals surface area contributed by atoms with Crippen LogP contribution in [-0.4, -0.2) is 44.5 Å². The average Bonchev–Trinajstić information content (AvgIpc) is 2.64. The summed E-state index contributed by atoms with van der Waals surface area (Å²) in [6.07, 6.45) is 0.576. The zero-order chi connectivity index (χ0) is 7.56. The topological polar surface area (TPSA) is 25.0 Å². The van der Waals surface area contributed by atoms with Crippen LogP contribution in [0.15, 0.2) is 0 Å². The highest BCUT2D eigenvalue weighted by Gasteiger charge is 2.23. The van der Waals surface area contributed by atoms with E-state index in [-0.39, 0.29) is 6.23 Å². The molecule has 0 aromatic carbocycles. The zero-order valence-corrected chi connectivity index (χ0v) is 6.83. The van der Waals surface area contributed by atoms with Crippen LogP contribution >= 0.6 is 0 Å². The Labute approximate surface area is 61.9 Å². The molecule has 2 atom stereocenters. The SMILES string of the molecule is CC(OCC1CO1)N(C)C. The molecular weight excluding hydrogens is 130 g/mol. The van der Waals surface area contributed by atoms with Gasteiger partial charge in [-0.3, -0.25) is 4.90 Å². The molecule has 60 valence electrons. The van der Waals surface area contributed by atoms with Crippen molar-refractivity contribution in [3.8, 4) is 0 Å². The summed E-state index contributed by atoms with van der Waals surface area (Å²) < 4.78 is 10.4. The molecule has 1 rings (SSSR count). The quantitative estimate of drug-likeness (QED) is 0.420. The predicted molar refractivity (Wildman–Crippen MR) is 38.8 cm³/mol. The molecule has 0 saturated carbocycles. The van der Waals surface area contributed by atoms with E-state index in [1.165, 1.54) is 0 Å². The molecule has 0 N–H and O–H groups in total. The molecular formula is C7H15NO2. The Morgan fingerprint density at radius 2 is 2.30 bits per heavy atom. The molecule has 0 radical (unpaired) electrons. The second-order valence-electron chi connectivity index (χ2n) is 2.85. The van der Waals surface area contributed by atoms with Crippen LogP contribution in [0.4, 0.5) is 0 Å². The highest BCUT2D eigenvalue weighted by molar-refractivity contribution is 4.67. The van der Waals surface area contributed by atoms with Crippen LogP contribution in [0.3, 0.4) is 0 Å². The van der Waals surface area contributed by atoms with Crippen LogP contribution in [0.2, 0.25) is 0 Å². The van der Waals surface area contributed by atoms with Gasteiger partial charge in [0, 0.05) is 0 Å². The van der Waals surface area contributed by atoms with Crippen LogP contribution in [-0.2, 0) is 9.47 Å². The van der Waals surface area contributed by atoms with Gasteiger partial charge in [0.15, 0.2) is 0 Å². The molecule has 1 heterocycles. The largest absolute Gasteiger partial charge is 0.371 e. The van der Waals surface area contributed by atoms with Gasteiger partial charge in [0.25, 0.3) is 0 Å². The van der Waals surface area contributed by atoms with Crippen LogP contribution in [0.1, 0.15) is 6.92 Å². The van der Waals surface area contributed by atoms with E-state index in [9.17, 15) is 0 Å². The number of hydrogen-bond donors (Lipinski definition) is 0. The summed E-state index contributed by atoms with van der Waals surface area (Å²) >= 11 is 0. The van der Waals surface area contributed by atoms with Gasteiger partial charge in [-0.2, -0.15) is 0 Å². The van der Waals surface area contributed by atoms with Crippen molar-refractivity contribution in [1.82, 2.24) is 4.90 Å². The highest BCUT2D eigenvalue weighted by Crippen LogP contribution is 2.09. The Morgan fingerprint density at radius 3 is 2.70 bits per heavy atom. The van der Waals surface area contributed by atoms with E-state index in [0.717, 1.165) is 13.2 Å². The minimum Gasteiger partial charge on any atom is -0.371 e. The maximum atomic E-state index is 5.43. The van der Waals surface area contributed by atoms with Crippen molar-refractivity contribution >= 4 is 0 Å². The molecule has 2 unspecified atom stereocenters. The van der Waals surface area contributed by atoms with Gasteiger partial charge in [-0.15, -0.1) is 0 Å². The first-order valence-electron chi connectivity index (χ1n) is 3.60. The van der Waals surface area contributed by atoms with Gasteiger partial charge in [-0.1, -0.05) is 0 Å². The summed E-state index contributed by atoms with van der Waals surface area (Å²) in [5, 5.41) is 0. The van der Waals surface area contributed by atoms with Crippen molar-refractivity contribution in [2.45, 2.75) is 19.3 Å². The predicted octanol–water partition coefficient (Wildman–Crippen LogP) is 0.309. The lowest BCUT2D eigenvalue weighted by Crippen LogP contribution is -2.28. The van der Waals surface area contributed by atoms with E-state index in [1.807, 2.05) is 25.9 Å². The Kier molecular flexibility index (Phi) is 2.65.